The first-order valence-corrected chi connectivity index (χ1v) is 11.0. The molecule has 0 aliphatic carbocycles. The minimum Gasteiger partial charge on any atom is -0.481 e. The number of carbonyl (C=O) groups is 6. The Labute approximate surface area is 209 Å². The maximum absolute atomic E-state index is 13.0. The quantitative estimate of drug-likeness (QED) is 0.121. The van der Waals surface area contributed by atoms with Gasteiger partial charge >= 0.3 is 11.9 Å². The molecule has 0 aliphatic heterocycles. The number of aliphatic hydroxyl groups excluding tert-OH is 1. The van der Waals surface area contributed by atoms with Crippen LogP contribution in [0.4, 0.5) is 0 Å². The maximum atomic E-state index is 13.0. The van der Waals surface area contributed by atoms with Crippen LogP contribution in [0.5, 0.6) is 0 Å². The third-order valence-corrected chi connectivity index (χ3v) is 5.30. The molecule has 11 N–H and O–H groups in total. The minimum absolute atomic E-state index is 0.144. The fourth-order valence-electron chi connectivity index (χ4n) is 3.43. The zero-order valence-corrected chi connectivity index (χ0v) is 19.5. The molecule has 200 valence electrons. The van der Waals surface area contributed by atoms with Crippen LogP contribution in [0, 0.1) is 0 Å². The number of aromatic amines is 1. The second kappa shape index (κ2) is 13.0. The van der Waals surface area contributed by atoms with Crippen LogP contribution in [0.1, 0.15) is 18.4 Å². The van der Waals surface area contributed by atoms with Crippen molar-refractivity contribution in [2.24, 2.45) is 11.5 Å². The van der Waals surface area contributed by atoms with Gasteiger partial charge in [0.2, 0.25) is 23.6 Å². The number of carboxylic acids is 2. The molecule has 2 aromatic rings. The van der Waals surface area contributed by atoms with Crippen molar-refractivity contribution in [2.75, 3.05) is 6.61 Å². The molecule has 4 unspecified atom stereocenters. The lowest BCUT2D eigenvalue weighted by molar-refractivity contribution is -0.143. The van der Waals surface area contributed by atoms with E-state index in [4.69, 9.17) is 16.6 Å². The monoisotopic (exact) mass is 520 g/mol. The normalized spacial score (nSPS) is 14.1. The van der Waals surface area contributed by atoms with Crippen molar-refractivity contribution in [3.8, 4) is 0 Å². The Kier molecular flexibility index (Phi) is 10.1. The van der Waals surface area contributed by atoms with Crippen LogP contribution in [0.15, 0.2) is 30.5 Å². The smallest absolute Gasteiger partial charge is 0.326 e. The lowest BCUT2D eigenvalue weighted by Gasteiger charge is -2.24. The van der Waals surface area contributed by atoms with Crippen molar-refractivity contribution in [1.82, 2.24) is 20.9 Å². The molecule has 1 aromatic carbocycles. The Bertz CT molecular complexity index is 1180. The van der Waals surface area contributed by atoms with Crippen LogP contribution in [0.3, 0.4) is 0 Å². The number of primary amides is 1. The minimum atomic E-state index is -1.67. The summed E-state index contributed by atoms with van der Waals surface area (Å²) in [4.78, 5) is 74.4. The lowest BCUT2D eigenvalue weighted by Crippen LogP contribution is -2.58. The van der Waals surface area contributed by atoms with Gasteiger partial charge in [-0.15, -0.1) is 0 Å². The standard InChI is InChI=1S/C22H28N6O9/c23-12(6-18(31)32)19(33)28-16(9-29)21(35)26-14(20(34)27-15(22(36)37)7-17(24)30)5-10-8-25-13-4-2-1-3-11(10)13/h1-4,8,12,14-16,25,29H,5-7,9,23H2,(H2,24,30)(H,26,35)(H,27,34)(H,28,33)(H,31,32)(H,36,37). The molecule has 15 heteroatoms. The third-order valence-electron chi connectivity index (χ3n) is 5.30. The molecular formula is C22H28N6O9. The number of fused-ring (bicyclic) bond motifs is 1. The highest BCUT2D eigenvalue weighted by atomic mass is 16.4. The Morgan fingerprint density at radius 2 is 1.46 bits per heavy atom. The number of aliphatic carboxylic acids is 2. The Morgan fingerprint density at radius 3 is 2.05 bits per heavy atom. The van der Waals surface area contributed by atoms with E-state index in [1.54, 1.807) is 30.5 Å². The van der Waals surface area contributed by atoms with Crippen molar-refractivity contribution >= 4 is 46.5 Å². The van der Waals surface area contributed by atoms with E-state index in [-0.39, 0.29) is 6.42 Å². The van der Waals surface area contributed by atoms with E-state index < -0.39 is 79.2 Å². The summed E-state index contributed by atoms with van der Waals surface area (Å²) in [5.74, 6) is -6.89. The van der Waals surface area contributed by atoms with Gasteiger partial charge in [-0.05, 0) is 11.6 Å². The molecule has 0 fully saturated rings. The van der Waals surface area contributed by atoms with E-state index in [0.29, 0.717) is 10.9 Å². The summed E-state index contributed by atoms with van der Waals surface area (Å²) < 4.78 is 0. The molecule has 0 aliphatic rings. The Morgan fingerprint density at radius 1 is 0.865 bits per heavy atom. The molecule has 0 spiro atoms. The van der Waals surface area contributed by atoms with E-state index >= 15 is 0 Å². The van der Waals surface area contributed by atoms with Gasteiger partial charge in [0, 0.05) is 23.5 Å². The first kappa shape index (κ1) is 28.7. The van der Waals surface area contributed by atoms with Crippen LogP contribution < -0.4 is 27.4 Å². The number of para-hydroxylation sites is 1. The predicted octanol–water partition coefficient (Wildman–Crippen LogP) is -3.08. The number of hydrogen-bond donors (Lipinski definition) is 9. The van der Waals surface area contributed by atoms with Gasteiger partial charge in [0.15, 0.2) is 0 Å². The first-order valence-electron chi connectivity index (χ1n) is 11.0. The average molecular weight is 520 g/mol. The molecule has 1 aromatic heterocycles. The molecule has 0 saturated heterocycles. The summed E-state index contributed by atoms with van der Waals surface area (Å²) in [6.45, 7) is -0.918. The van der Waals surface area contributed by atoms with E-state index in [9.17, 15) is 39.0 Å². The zero-order chi connectivity index (χ0) is 27.7. The summed E-state index contributed by atoms with van der Waals surface area (Å²) in [6, 6.07) is 0.858. The second-order valence-corrected chi connectivity index (χ2v) is 8.14. The van der Waals surface area contributed by atoms with E-state index in [0.717, 1.165) is 5.52 Å². The van der Waals surface area contributed by atoms with Crippen molar-refractivity contribution in [3.05, 3.63) is 36.0 Å². The van der Waals surface area contributed by atoms with Crippen LogP contribution in [0.25, 0.3) is 10.9 Å². The zero-order valence-electron chi connectivity index (χ0n) is 19.5. The first-order chi connectivity index (χ1) is 17.4. The van der Waals surface area contributed by atoms with Gasteiger partial charge in [0.1, 0.15) is 18.1 Å². The number of carboxylic acid groups (broad SMARTS) is 2. The van der Waals surface area contributed by atoms with Crippen molar-refractivity contribution in [3.63, 3.8) is 0 Å². The average Bonchev–Trinajstić information content (AvgIpc) is 3.23. The molecule has 2 rings (SSSR count). The number of H-pyrrole nitrogens is 1. The fraction of sp³-hybridized carbons (Fsp3) is 0.364. The van der Waals surface area contributed by atoms with Gasteiger partial charge < -0.3 is 47.7 Å². The molecule has 1 heterocycles. The number of nitrogens with two attached hydrogens (primary N) is 2. The molecule has 15 nitrogen and oxygen atoms in total. The number of nitrogens with one attached hydrogen (secondary N) is 4. The van der Waals surface area contributed by atoms with Gasteiger partial charge in [-0.1, -0.05) is 18.2 Å². The Balaban J connectivity index is 2.27. The van der Waals surface area contributed by atoms with Gasteiger partial charge in [-0.2, -0.15) is 0 Å². The summed E-state index contributed by atoms with van der Waals surface area (Å²) in [6.07, 6.45) is 0.0137. The molecular weight excluding hydrogens is 492 g/mol. The number of rotatable bonds is 14. The van der Waals surface area contributed by atoms with Gasteiger partial charge in [-0.25, -0.2) is 4.79 Å². The third kappa shape index (κ3) is 8.29. The highest BCUT2D eigenvalue weighted by molar-refractivity contribution is 5.96. The SMILES string of the molecule is NC(=O)CC(NC(=O)C(Cc1c[nH]c2ccccc12)NC(=O)C(CO)NC(=O)C(N)CC(=O)O)C(=O)O. The summed E-state index contributed by atoms with van der Waals surface area (Å²) in [7, 11) is 0. The number of carbonyl (C=O) groups excluding carboxylic acids is 4. The van der Waals surface area contributed by atoms with Gasteiger partial charge in [-0.3, -0.25) is 24.0 Å². The van der Waals surface area contributed by atoms with Crippen molar-refractivity contribution in [2.45, 2.75) is 43.4 Å². The fourth-order valence-corrected chi connectivity index (χ4v) is 3.43. The summed E-state index contributed by atoms with van der Waals surface area (Å²) in [5, 5.41) is 35.0. The molecule has 0 radical (unpaired) electrons. The number of aromatic nitrogens is 1. The number of benzene rings is 1. The van der Waals surface area contributed by atoms with E-state index in [1.807, 2.05) is 0 Å². The summed E-state index contributed by atoms with van der Waals surface area (Å²) in [5.41, 5.74) is 11.8. The largest absolute Gasteiger partial charge is 0.481 e. The van der Waals surface area contributed by atoms with E-state index in [2.05, 4.69) is 20.9 Å². The van der Waals surface area contributed by atoms with Gasteiger partial charge in [0.25, 0.3) is 0 Å². The molecule has 4 amide bonds. The molecule has 4 atom stereocenters. The molecule has 37 heavy (non-hydrogen) atoms. The predicted molar refractivity (Wildman–Crippen MR) is 127 cm³/mol. The number of hydrogen-bond acceptors (Lipinski definition) is 8. The molecule has 0 bridgehead atoms. The topological polar surface area (TPSA) is 267 Å². The highest BCUT2D eigenvalue weighted by Gasteiger charge is 2.31. The number of amides is 4. The molecule has 0 saturated carbocycles. The Hall–Kier alpha value is -4.50. The van der Waals surface area contributed by atoms with Crippen LogP contribution in [-0.4, -0.2) is 86.6 Å². The van der Waals surface area contributed by atoms with Crippen LogP contribution >= 0.6 is 0 Å². The maximum Gasteiger partial charge on any atom is 0.326 e. The van der Waals surface area contributed by atoms with E-state index in [1.165, 1.54) is 0 Å². The van der Waals surface area contributed by atoms with Gasteiger partial charge in [0.05, 0.1) is 25.5 Å². The highest BCUT2D eigenvalue weighted by Crippen LogP contribution is 2.19. The lowest BCUT2D eigenvalue weighted by atomic mass is 10.0. The van der Waals surface area contributed by atoms with Crippen molar-refractivity contribution < 1.29 is 44.1 Å². The van der Waals surface area contributed by atoms with Crippen LogP contribution in [0.2, 0.25) is 0 Å². The number of aliphatic hydroxyl groups is 1. The second-order valence-electron chi connectivity index (χ2n) is 8.14. The summed E-state index contributed by atoms with van der Waals surface area (Å²) >= 11 is 0. The van der Waals surface area contributed by atoms with Crippen LogP contribution in [-0.2, 0) is 35.2 Å². The van der Waals surface area contributed by atoms with Crippen molar-refractivity contribution in [1.29, 1.82) is 0 Å².